The van der Waals surface area contributed by atoms with Crippen LogP contribution in [0.15, 0.2) is 36.9 Å². The van der Waals surface area contributed by atoms with E-state index in [1.54, 1.807) is 6.33 Å². The highest BCUT2D eigenvalue weighted by Crippen LogP contribution is 2.23. The van der Waals surface area contributed by atoms with Crippen LogP contribution in [-0.4, -0.2) is 94.8 Å². The third-order valence-electron chi connectivity index (χ3n) is 6.10. The van der Waals surface area contributed by atoms with Crippen molar-refractivity contribution in [1.29, 1.82) is 0 Å². The van der Waals surface area contributed by atoms with E-state index in [2.05, 4.69) is 30.1 Å². The summed E-state index contributed by atoms with van der Waals surface area (Å²) in [7, 11) is 1.84. The second-order valence-electron chi connectivity index (χ2n) is 8.04. The lowest BCUT2D eigenvalue weighted by Crippen LogP contribution is -2.56. The van der Waals surface area contributed by atoms with E-state index < -0.39 is 0 Å². The smallest absolute Gasteiger partial charge is 0.140 e. The maximum atomic E-state index is 6.00. The Balaban J connectivity index is 1.12. The number of hydrogen-bond donors (Lipinski definition) is 1. The summed E-state index contributed by atoms with van der Waals surface area (Å²) in [6.45, 7) is 8.17. The highest BCUT2D eigenvalue weighted by Gasteiger charge is 2.28. The number of ether oxygens (including phenoxy) is 2. The van der Waals surface area contributed by atoms with Crippen LogP contribution in [0.5, 0.6) is 5.75 Å². The molecular formula is C22H29N7O2. The third-order valence-corrected chi connectivity index (χ3v) is 6.10. The van der Waals surface area contributed by atoms with Crippen molar-refractivity contribution >= 4 is 11.5 Å². The van der Waals surface area contributed by atoms with E-state index in [-0.39, 0.29) is 0 Å². The fourth-order valence-corrected chi connectivity index (χ4v) is 4.14. The van der Waals surface area contributed by atoms with Crippen LogP contribution in [0, 0.1) is 0 Å². The van der Waals surface area contributed by atoms with Gasteiger partial charge in [0.15, 0.2) is 0 Å². The van der Waals surface area contributed by atoms with Gasteiger partial charge in [-0.05, 0) is 12.5 Å². The first-order valence-electron chi connectivity index (χ1n) is 10.9. The molecule has 0 radical (unpaired) electrons. The van der Waals surface area contributed by atoms with E-state index in [4.69, 9.17) is 9.47 Å². The fourth-order valence-electron chi connectivity index (χ4n) is 4.14. The Morgan fingerprint density at radius 1 is 1.13 bits per heavy atom. The molecular weight excluding hydrogens is 394 g/mol. The summed E-state index contributed by atoms with van der Waals surface area (Å²) in [6.07, 6.45) is 6.39. The zero-order chi connectivity index (χ0) is 21.0. The molecule has 9 heteroatoms. The zero-order valence-corrected chi connectivity index (χ0v) is 17.9. The second-order valence-corrected chi connectivity index (χ2v) is 8.04. The molecule has 3 aromatic heterocycles. The summed E-state index contributed by atoms with van der Waals surface area (Å²) in [6, 6.07) is 6.53. The van der Waals surface area contributed by atoms with E-state index >= 15 is 0 Å². The molecule has 3 aromatic rings. The Morgan fingerprint density at radius 3 is 2.77 bits per heavy atom. The molecule has 0 amide bonds. The largest absolute Gasteiger partial charge is 0.493 e. The van der Waals surface area contributed by atoms with Gasteiger partial charge in [0.1, 0.15) is 23.5 Å². The van der Waals surface area contributed by atoms with Crippen LogP contribution in [0.4, 0.5) is 5.82 Å². The molecule has 164 valence electrons. The van der Waals surface area contributed by atoms with Crippen LogP contribution in [0.2, 0.25) is 0 Å². The minimum Gasteiger partial charge on any atom is -0.493 e. The van der Waals surface area contributed by atoms with Gasteiger partial charge in [-0.2, -0.15) is 0 Å². The number of anilines is 1. The van der Waals surface area contributed by atoms with Gasteiger partial charge in [0.2, 0.25) is 0 Å². The first-order chi connectivity index (χ1) is 15.3. The molecule has 5 rings (SSSR count). The molecule has 5 heterocycles. The van der Waals surface area contributed by atoms with Gasteiger partial charge >= 0.3 is 0 Å². The number of hydrogen-bond acceptors (Lipinski definition) is 8. The van der Waals surface area contributed by atoms with Crippen LogP contribution in [-0.2, 0) is 4.74 Å². The normalized spacial score (nSPS) is 18.2. The standard InChI is InChI=1S/C22H29N7O2/c1-23-21-12-19(25-16-26-21)20-13-24-22-11-18(3-5-29(20)22)31-10-2-4-27-6-8-28(9-7-27)17-14-30-15-17/h3,5,11-13,16-17H,2,4,6-10,14-15H2,1H3,(H,23,25,26). The molecule has 2 saturated heterocycles. The lowest BCUT2D eigenvalue weighted by atomic mass is 10.2. The first kappa shape index (κ1) is 20.2. The Morgan fingerprint density at radius 2 is 2.00 bits per heavy atom. The van der Waals surface area contributed by atoms with Crippen LogP contribution >= 0.6 is 0 Å². The minimum atomic E-state index is 0.656. The average molecular weight is 424 g/mol. The summed E-state index contributed by atoms with van der Waals surface area (Å²) in [5, 5.41) is 3.04. The Hall–Kier alpha value is -2.75. The van der Waals surface area contributed by atoms with Crippen molar-refractivity contribution in [2.75, 3.05) is 64.9 Å². The van der Waals surface area contributed by atoms with Gasteiger partial charge in [-0.15, -0.1) is 0 Å². The second kappa shape index (κ2) is 9.17. The topological polar surface area (TPSA) is 80.1 Å². The van der Waals surface area contributed by atoms with Crippen molar-refractivity contribution in [3.05, 3.63) is 36.9 Å². The number of fused-ring (bicyclic) bond motifs is 1. The van der Waals surface area contributed by atoms with Crippen molar-refractivity contribution in [3.63, 3.8) is 0 Å². The monoisotopic (exact) mass is 423 g/mol. The third kappa shape index (κ3) is 4.48. The van der Waals surface area contributed by atoms with Crippen LogP contribution in [0.1, 0.15) is 6.42 Å². The average Bonchev–Trinajstić information content (AvgIpc) is 3.20. The fraction of sp³-hybridized carbons (Fsp3) is 0.500. The van der Waals surface area contributed by atoms with E-state index in [1.807, 2.05) is 42.0 Å². The molecule has 0 atom stereocenters. The van der Waals surface area contributed by atoms with Crippen molar-refractivity contribution < 1.29 is 9.47 Å². The summed E-state index contributed by atoms with van der Waals surface area (Å²) in [4.78, 5) is 18.2. The van der Waals surface area contributed by atoms with Crippen LogP contribution < -0.4 is 10.1 Å². The molecule has 31 heavy (non-hydrogen) atoms. The maximum Gasteiger partial charge on any atom is 0.140 e. The number of piperazine rings is 1. The van der Waals surface area contributed by atoms with Gasteiger partial charge < -0.3 is 19.7 Å². The summed E-state index contributed by atoms with van der Waals surface area (Å²) < 4.78 is 13.3. The van der Waals surface area contributed by atoms with E-state index in [0.29, 0.717) is 12.6 Å². The van der Waals surface area contributed by atoms with Crippen molar-refractivity contribution in [2.45, 2.75) is 12.5 Å². The molecule has 0 saturated carbocycles. The molecule has 0 aromatic carbocycles. The van der Waals surface area contributed by atoms with Crippen molar-refractivity contribution in [1.82, 2.24) is 29.2 Å². The number of pyridine rings is 1. The highest BCUT2D eigenvalue weighted by molar-refractivity contribution is 5.63. The van der Waals surface area contributed by atoms with Gasteiger partial charge in [0.05, 0.1) is 43.4 Å². The van der Waals surface area contributed by atoms with Crippen molar-refractivity contribution in [3.8, 4) is 17.1 Å². The lowest BCUT2D eigenvalue weighted by Gasteiger charge is -2.42. The van der Waals surface area contributed by atoms with Crippen LogP contribution in [0.25, 0.3) is 17.0 Å². The molecule has 2 aliphatic rings. The number of rotatable bonds is 8. The molecule has 1 N–H and O–H groups in total. The summed E-state index contributed by atoms with van der Waals surface area (Å²) in [5.41, 5.74) is 2.59. The van der Waals surface area contributed by atoms with E-state index in [1.165, 1.54) is 0 Å². The highest BCUT2D eigenvalue weighted by atomic mass is 16.5. The Kier molecular flexibility index (Phi) is 5.97. The van der Waals surface area contributed by atoms with Gasteiger partial charge in [-0.1, -0.05) is 0 Å². The molecule has 9 nitrogen and oxygen atoms in total. The molecule has 0 unspecified atom stereocenters. The number of aromatic nitrogens is 4. The SMILES string of the molecule is CNc1cc(-c2cnc3cc(OCCCN4CCN(C5COC5)CC4)ccn23)ncn1. The molecule has 0 bridgehead atoms. The number of imidazole rings is 1. The minimum absolute atomic E-state index is 0.656. The lowest BCUT2D eigenvalue weighted by molar-refractivity contribution is -0.0769. The number of nitrogens with zero attached hydrogens (tertiary/aromatic N) is 6. The quantitative estimate of drug-likeness (QED) is 0.548. The van der Waals surface area contributed by atoms with Crippen LogP contribution in [0.3, 0.4) is 0 Å². The molecule has 2 fully saturated rings. The van der Waals surface area contributed by atoms with Gasteiger partial charge in [-0.25, -0.2) is 15.0 Å². The predicted octanol–water partition coefficient (Wildman–Crippen LogP) is 1.62. The van der Waals surface area contributed by atoms with Crippen molar-refractivity contribution in [2.24, 2.45) is 0 Å². The Labute approximate surface area is 182 Å². The molecule has 0 aliphatic carbocycles. The Bertz CT molecular complexity index is 1010. The number of nitrogens with one attached hydrogen (secondary N) is 1. The zero-order valence-electron chi connectivity index (χ0n) is 17.9. The van der Waals surface area contributed by atoms with Gasteiger partial charge in [-0.3, -0.25) is 9.30 Å². The van der Waals surface area contributed by atoms with E-state index in [9.17, 15) is 0 Å². The summed E-state index contributed by atoms with van der Waals surface area (Å²) in [5.74, 6) is 1.62. The van der Waals surface area contributed by atoms with Gasteiger partial charge in [0, 0.05) is 58.1 Å². The van der Waals surface area contributed by atoms with Gasteiger partial charge in [0.25, 0.3) is 0 Å². The van der Waals surface area contributed by atoms with E-state index in [0.717, 1.165) is 81.0 Å². The summed E-state index contributed by atoms with van der Waals surface area (Å²) >= 11 is 0. The predicted molar refractivity (Wildman–Crippen MR) is 118 cm³/mol. The molecule has 2 aliphatic heterocycles. The first-order valence-corrected chi connectivity index (χ1v) is 10.9. The molecule has 0 spiro atoms. The maximum absolute atomic E-state index is 6.00.